The number of rotatable bonds is 7. The van der Waals surface area contributed by atoms with E-state index in [-0.39, 0.29) is 11.9 Å². The normalized spacial score (nSPS) is 12.2. The average molecular weight is 265 g/mol. The van der Waals surface area contributed by atoms with E-state index in [2.05, 4.69) is 31.8 Å². The van der Waals surface area contributed by atoms with Crippen LogP contribution in [0.25, 0.3) is 0 Å². The molecule has 0 radical (unpaired) electrons. The van der Waals surface area contributed by atoms with Gasteiger partial charge >= 0.3 is 0 Å². The Morgan fingerprint density at radius 1 is 1.28 bits per heavy atom. The zero-order valence-corrected chi connectivity index (χ0v) is 12.2. The predicted octanol–water partition coefficient (Wildman–Crippen LogP) is 4.06. The highest BCUT2D eigenvalue weighted by atomic mass is 32.1. The third kappa shape index (κ3) is 5.13. The number of carbonyl (C=O) groups excluding carboxylic acids is 1. The average Bonchev–Trinajstić information content (AvgIpc) is 2.35. The van der Waals surface area contributed by atoms with Crippen molar-refractivity contribution in [2.45, 2.75) is 56.9 Å². The number of benzene rings is 1. The van der Waals surface area contributed by atoms with E-state index in [0.717, 1.165) is 11.3 Å². The van der Waals surface area contributed by atoms with Gasteiger partial charge in [-0.3, -0.25) is 4.79 Å². The predicted molar refractivity (Wildman–Crippen MR) is 79.4 cm³/mol. The first-order valence-electron chi connectivity index (χ1n) is 6.74. The van der Waals surface area contributed by atoms with Gasteiger partial charge < -0.3 is 5.32 Å². The summed E-state index contributed by atoms with van der Waals surface area (Å²) >= 11 is 4.30. The van der Waals surface area contributed by atoms with Gasteiger partial charge in [0, 0.05) is 10.9 Å². The monoisotopic (exact) mass is 265 g/mol. The van der Waals surface area contributed by atoms with Crippen LogP contribution in [0.5, 0.6) is 0 Å². The van der Waals surface area contributed by atoms with Crippen LogP contribution in [0.3, 0.4) is 0 Å². The van der Waals surface area contributed by atoms with Crippen LogP contribution in [-0.4, -0.2) is 11.9 Å². The first-order chi connectivity index (χ1) is 8.65. The van der Waals surface area contributed by atoms with E-state index in [4.69, 9.17) is 0 Å². The SMILES string of the molecule is CCCCCCC(C)NC(=O)c1ccccc1S. The molecule has 1 amide bonds. The molecule has 100 valence electrons. The molecule has 1 N–H and O–H groups in total. The van der Waals surface area contributed by atoms with Crippen molar-refractivity contribution in [3.8, 4) is 0 Å². The van der Waals surface area contributed by atoms with E-state index >= 15 is 0 Å². The lowest BCUT2D eigenvalue weighted by atomic mass is 10.1. The van der Waals surface area contributed by atoms with Gasteiger partial charge in [-0.15, -0.1) is 12.6 Å². The van der Waals surface area contributed by atoms with Crippen molar-refractivity contribution in [1.82, 2.24) is 5.32 Å². The molecule has 0 saturated carbocycles. The van der Waals surface area contributed by atoms with Crippen LogP contribution in [0, 0.1) is 0 Å². The fourth-order valence-corrected chi connectivity index (χ4v) is 2.18. The number of hydrogen-bond acceptors (Lipinski definition) is 2. The van der Waals surface area contributed by atoms with Gasteiger partial charge in [0.2, 0.25) is 0 Å². The van der Waals surface area contributed by atoms with Gasteiger partial charge in [-0.25, -0.2) is 0 Å². The Labute approximate surface area is 116 Å². The molecule has 0 aliphatic carbocycles. The fourth-order valence-electron chi connectivity index (χ4n) is 1.92. The summed E-state index contributed by atoms with van der Waals surface area (Å²) in [7, 11) is 0. The molecule has 1 aromatic rings. The lowest BCUT2D eigenvalue weighted by Crippen LogP contribution is -2.32. The van der Waals surface area contributed by atoms with Crippen LogP contribution >= 0.6 is 12.6 Å². The number of nitrogens with one attached hydrogen (secondary N) is 1. The van der Waals surface area contributed by atoms with Crippen molar-refractivity contribution in [1.29, 1.82) is 0 Å². The van der Waals surface area contributed by atoms with Crippen molar-refractivity contribution in [3.05, 3.63) is 29.8 Å². The van der Waals surface area contributed by atoms with Crippen LogP contribution in [0.2, 0.25) is 0 Å². The molecule has 1 aromatic carbocycles. The Kier molecular flexibility index (Phi) is 6.88. The molecular formula is C15H23NOS. The largest absolute Gasteiger partial charge is 0.350 e. The number of hydrogen-bond donors (Lipinski definition) is 2. The van der Waals surface area contributed by atoms with Crippen LogP contribution in [-0.2, 0) is 0 Å². The number of unbranched alkanes of at least 4 members (excludes halogenated alkanes) is 3. The molecule has 1 rings (SSSR count). The topological polar surface area (TPSA) is 29.1 Å². The Morgan fingerprint density at radius 2 is 2.00 bits per heavy atom. The third-order valence-electron chi connectivity index (χ3n) is 3.02. The van der Waals surface area contributed by atoms with Crippen molar-refractivity contribution in [3.63, 3.8) is 0 Å². The van der Waals surface area contributed by atoms with Crippen LogP contribution in [0.15, 0.2) is 29.2 Å². The minimum absolute atomic E-state index is 0.0245. The highest BCUT2D eigenvalue weighted by Crippen LogP contribution is 2.13. The Balaban J connectivity index is 2.38. The number of carbonyl (C=O) groups is 1. The third-order valence-corrected chi connectivity index (χ3v) is 3.41. The molecule has 0 heterocycles. The minimum Gasteiger partial charge on any atom is -0.350 e. The first kappa shape index (κ1) is 15.1. The maximum atomic E-state index is 12.0. The molecule has 0 aliphatic rings. The highest BCUT2D eigenvalue weighted by molar-refractivity contribution is 7.80. The van der Waals surface area contributed by atoms with Gasteiger partial charge in [-0.2, -0.15) is 0 Å². The molecule has 1 atom stereocenters. The van der Waals surface area contributed by atoms with E-state index in [9.17, 15) is 4.79 Å². The van der Waals surface area contributed by atoms with Crippen molar-refractivity contribution in [2.24, 2.45) is 0 Å². The van der Waals surface area contributed by atoms with Gasteiger partial charge in [-0.1, -0.05) is 44.7 Å². The summed E-state index contributed by atoms with van der Waals surface area (Å²) in [5, 5.41) is 3.03. The first-order valence-corrected chi connectivity index (χ1v) is 7.18. The standard InChI is InChI=1S/C15H23NOS/c1-3-4-5-6-9-12(2)16-15(17)13-10-7-8-11-14(13)18/h7-8,10-12,18H,3-6,9H2,1-2H3,(H,16,17). The zero-order valence-electron chi connectivity index (χ0n) is 11.3. The lowest BCUT2D eigenvalue weighted by molar-refractivity contribution is 0.0935. The molecule has 0 fully saturated rings. The molecule has 2 nitrogen and oxygen atoms in total. The number of amides is 1. The fraction of sp³-hybridized carbons (Fsp3) is 0.533. The smallest absolute Gasteiger partial charge is 0.252 e. The summed E-state index contributed by atoms with van der Waals surface area (Å²) in [5.74, 6) is -0.0245. The minimum atomic E-state index is -0.0245. The van der Waals surface area contributed by atoms with E-state index in [1.54, 1.807) is 0 Å². The molecule has 0 aromatic heterocycles. The van der Waals surface area contributed by atoms with Gasteiger partial charge in [0.05, 0.1) is 5.56 Å². The van der Waals surface area contributed by atoms with Crippen LogP contribution < -0.4 is 5.32 Å². The maximum Gasteiger partial charge on any atom is 0.252 e. The Morgan fingerprint density at radius 3 is 2.67 bits per heavy atom. The maximum absolute atomic E-state index is 12.0. The summed E-state index contributed by atoms with van der Waals surface area (Å²) in [6.07, 6.45) is 5.99. The molecular weight excluding hydrogens is 242 g/mol. The second-order valence-electron chi connectivity index (χ2n) is 4.74. The van der Waals surface area contributed by atoms with E-state index in [1.165, 1.54) is 25.7 Å². The van der Waals surface area contributed by atoms with Crippen LogP contribution in [0.4, 0.5) is 0 Å². The van der Waals surface area contributed by atoms with Crippen LogP contribution in [0.1, 0.15) is 56.3 Å². The summed E-state index contributed by atoms with van der Waals surface area (Å²) in [5.41, 5.74) is 0.654. The van der Waals surface area contributed by atoms with E-state index in [0.29, 0.717) is 5.56 Å². The van der Waals surface area contributed by atoms with Crippen molar-refractivity contribution >= 4 is 18.5 Å². The van der Waals surface area contributed by atoms with Crippen molar-refractivity contribution < 1.29 is 4.79 Å². The quantitative estimate of drug-likeness (QED) is 0.565. The van der Waals surface area contributed by atoms with Gasteiger partial charge in [0.1, 0.15) is 0 Å². The summed E-state index contributed by atoms with van der Waals surface area (Å²) in [6, 6.07) is 7.61. The van der Waals surface area contributed by atoms with Gasteiger partial charge in [-0.05, 0) is 25.5 Å². The Hall–Kier alpha value is -0.960. The van der Waals surface area contributed by atoms with Gasteiger partial charge in [0.15, 0.2) is 0 Å². The molecule has 0 spiro atoms. The Bertz CT molecular complexity index is 379. The summed E-state index contributed by atoms with van der Waals surface area (Å²) < 4.78 is 0. The lowest BCUT2D eigenvalue weighted by Gasteiger charge is -2.14. The van der Waals surface area contributed by atoms with Crippen molar-refractivity contribution in [2.75, 3.05) is 0 Å². The summed E-state index contributed by atoms with van der Waals surface area (Å²) in [4.78, 5) is 12.7. The van der Waals surface area contributed by atoms with E-state index in [1.807, 2.05) is 24.3 Å². The number of thiol groups is 1. The van der Waals surface area contributed by atoms with Gasteiger partial charge in [0.25, 0.3) is 5.91 Å². The van der Waals surface area contributed by atoms with E-state index < -0.39 is 0 Å². The molecule has 1 unspecified atom stereocenters. The highest BCUT2D eigenvalue weighted by Gasteiger charge is 2.11. The molecule has 0 bridgehead atoms. The molecule has 0 aliphatic heterocycles. The second kappa shape index (κ2) is 8.20. The molecule has 0 saturated heterocycles. The second-order valence-corrected chi connectivity index (χ2v) is 5.22. The molecule has 3 heteroatoms. The zero-order chi connectivity index (χ0) is 13.4. The summed E-state index contributed by atoms with van der Waals surface area (Å²) in [6.45, 7) is 4.26. The molecule has 18 heavy (non-hydrogen) atoms.